The van der Waals surface area contributed by atoms with Gasteiger partial charge in [0.1, 0.15) is 36.3 Å². The third-order valence-electron chi connectivity index (χ3n) is 14.3. The normalized spacial score (nSPS) is 14.7. The van der Waals surface area contributed by atoms with E-state index in [0.717, 1.165) is 4.90 Å². The molecule has 1 fully saturated rings. The fourth-order valence-electron chi connectivity index (χ4n) is 9.07. The highest BCUT2D eigenvalue weighted by molar-refractivity contribution is 8.00. The fraction of sp³-hybridized carbons (Fsp3) is 0.414. The first-order valence-electron chi connectivity index (χ1n) is 29.6. The lowest BCUT2D eigenvalue weighted by molar-refractivity contribution is -0.143. The van der Waals surface area contributed by atoms with Gasteiger partial charge >= 0.3 is 23.9 Å². The number of thioether (sulfide) groups is 1. The number of anilines is 2. The molecule has 0 saturated carbocycles. The Kier molecular flexibility index (Phi) is 28.3. The lowest BCUT2D eigenvalue weighted by Gasteiger charge is -2.25. The molecule has 1 saturated heterocycles. The highest BCUT2D eigenvalue weighted by atomic mass is 32.2. The molecule has 2 aromatic carbocycles. The summed E-state index contributed by atoms with van der Waals surface area (Å²) in [5.74, 6) is -17.1. The van der Waals surface area contributed by atoms with Crippen LogP contribution in [0, 0.1) is 11.3 Å². The van der Waals surface area contributed by atoms with Crippen LogP contribution in [0.5, 0.6) is 0 Å². The van der Waals surface area contributed by atoms with Crippen molar-refractivity contribution in [2.75, 3.05) is 36.9 Å². The Labute approximate surface area is 554 Å². The number of nitrogen functional groups attached to an aromatic ring is 1. The van der Waals surface area contributed by atoms with E-state index in [1.165, 1.54) is 49.6 Å². The van der Waals surface area contributed by atoms with E-state index in [1.807, 2.05) is 0 Å². The number of hydrogen-bond donors (Lipinski definition) is 18. The molecular formula is C58H73N19O19S. The number of hydrazone groups is 1. The fourth-order valence-corrected chi connectivity index (χ4v) is 10.3. The Morgan fingerprint density at radius 3 is 1.87 bits per heavy atom. The number of carbonyl (C=O) groups excluding carboxylic acids is 10. The molecule has 38 nitrogen and oxygen atoms in total. The average molecular weight is 1370 g/mol. The molecule has 520 valence electrons. The van der Waals surface area contributed by atoms with Crippen LogP contribution in [-0.2, 0) is 64.1 Å². The van der Waals surface area contributed by atoms with Crippen molar-refractivity contribution in [2.45, 2.75) is 120 Å². The summed E-state index contributed by atoms with van der Waals surface area (Å²) >= 11 is 0.634. The van der Waals surface area contributed by atoms with Crippen LogP contribution >= 0.6 is 11.8 Å². The number of aromatic amines is 1. The number of carbonyl (C=O) groups is 14. The van der Waals surface area contributed by atoms with E-state index in [4.69, 9.17) is 16.9 Å². The third-order valence-corrected chi connectivity index (χ3v) is 15.6. The van der Waals surface area contributed by atoms with Crippen LogP contribution in [0.15, 0.2) is 64.6 Å². The molecule has 0 radical (unpaired) electrons. The Morgan fingerprint density at radius 2 is 1.28 bits per heavy atom. The highest BCUT2D eigenvalue weighted by Gasteiger charge is 2.40. The number of rotatable bonds is 37. The second-order valence-electron chi connectivity index (χ2n) is 21.9. The minimum atomic E-state index is -2.08. The molecule has 4 aromatic rings. The van der Waals surface area contributed by atoms with Crippen LogP contribution in [0.2, 0.25) is 0 Å². The first-order valence-corrected chi connectivity index (χ1v) is 30.6. The number of likely N-dealkylation sites (N-methyl/N-ethyl adjacent to an activating group) is 1. The number of aliphatic carboxylic acids is 4. The van der Waals surface area contributed by atoms with E-state index in [9.17, 15) is 92.3 Å². The van der Waals surface area contributed by atoms with Gasteiger partial charge in [-0.15, -0.1) is 11.8 Å². The molecule has 1 aliphatic rings. The number of nitrogens with two attached hydrogens (primary N) is 2. The van der Waals surface area contributed by atoms with E-state index in [2.05, 4.69) is 78.3 Å². The van der Waals surface area contributed by atoms with E-state index in [1.54, 1.807) is 32.9 Å². The first kappa shape index (κ1) is 76.0. The van der Waals surface area contributed by atoms with Crippen molar-refractivity contribution in [3.63, 3.8) is 0 Å². The van der Waals surface area contributed by atoms with Gasteiger partial charge in [0.15, 0.2) is 17.1 Å². The van der Waals surface area contributed by atoms with E-state index in [0.29, 0.717) is 34.4 Å². The van der Waals surface area contributed by atoms with Gasteiger partial charge in [0.25, 0.3) is 17.4 Å². The van der Waals surface area contributed by atoms with E-state index >= 15 is 0 Å². The van der Waals surface area contributed by atoms with Crippen molar-refractivity contribution < 1.29 is 87.5 Å². The van der Waals surface area contributed by atoms with Gasteiger partial charge in [0.05, 0.1) is 42.2 Å². The van der Waals surface area contributed by atoms with Gasteiger partial charge < -0.3 is 79.7 Å². The number of carboxylic acid groups (broad SMARTS) is 4. The topological polar surface area (TPSA) is 603 Å². The molecule has 39 heteroatoms. The number of fused-ring (bicyclic) bond motifs is 1. The lowest BCUT2D eigenvalue weighted by atomic mass is 10.0. The van der Waals surface area contributed by atoms with Crippen molar-refractivity contribution in [1.29, 1.82) is 5.41 Å². The van der Waals surface area contributed by atoms with Gasteiger partial charge in [-0.1, -0.05) is 26.0 Å². The van der Waals surface area contributed by atoms with Crippen LogP contribution in [-0.4, -0.2) is 207 Å². The molecule has 3 heterocycles. The lowest BCUT2D eigenvalue weighted by Crippen LogP contribution is -2.58. The van der Waals surface area contributed by atoms with Gasteiger partial charge in [0.2, 0.25) is 53.2 Å². The zero-order chi connectivity index (χ0) is 71.8. The highest BCUT2D eigenvalue weighted by Crippen LogP contribution is 2.26. The summed E-state index contributed by atoms with van der Waals surface area (Å²) in [6.45, 7) is 4.67. The Bertz CT molecular complexity index is 3760. The minimum absolute atomic E-state index is 0.0104. The van der Waals surface area contributed by atoms with Gasteiger partial charge in [0, 0.05) is 62.0 Å². The Hall–Kier alpha value is -11.7. The first-order chi connectivity index (χ1) is 45.8. The summed E-state index contributed by atoms with van der Waals surface area (Å²) in [4.78, 5) is 208. The van der Waals surface area contributed by atoms with Crippen LogP contribution in [0.25, 0.3) is 11.2 Å². The van der Waals surface area contributed by atoms with E-state index in [-0.39, 0.29) is 59.6 Å². The number of nitrogens with zero attached hydrogens (tertiary/aromatic N) is 5. The Balaban J connectivity index is 1.15. The quantitative estimate of drug-likeness (QED) is 0.00682. The molecule has 0 aliphatic carbocycles. The number of guanidine groups is 1. The summed E-state index contributed by atoms with van der Waals surface area (Å²) in [6.07, 6.45) is -3.61. The third kappa shape index (κ3) is 23.7. The standard InChI is InChI=1S/C58H73N19O19S/c1-26(2)44(52(90)62-4)72-48(86)29-9-7-28(8-10-29)27(3)75-76-40(79)17-19-77-41(80)22-38(54(77)92)97-25-37(56(95)96)71-51(89)36(21-43(83)84)70-49(87)33(6-5-18-63-57(59)60)68-50(88)35(20-42(81)82)67-39(78)16-15-34(55(93)94)69-47(85)30-11-13-31(14-12-30)64-23-32-24-65-46-45(66-32)53(91)74-58(61)73-46/h7-14,24,26,33-38,44,64H,5-6,15-23,25H2,1-4H3,(H,62,90)(H,67,78)(H,68,88)(H,69,85)(H,70,87)(H,71,89)(H,72,86)(H,76,79)(H,81,82)(H,83,84)(H,93,94)(H,95,96)(H4,59,60,63)(H3,61,65,73,74,91)/b75-27-/t33-,34+,35+,36-,37?,38?,44+/m1/s1. The summed E-state index contributed by atoms with van der Waals surface area (Å²) in [7, 11) is 1.45. The second kappa shape index (κ2) is 36.1. The number of hydrogen-bond acceptors (Lipinski definition) is 23. The maximum absolute atomic E-state index is 13.9. The smallest absolute Gasteiger partial charge is 0.327 e. The molecule has 5 rings (SSSR count). The number of amides is 10. The average Bonchev–Trinajstić information content (AvgIpc) is 1.83. The molecule has 0 spiro atoms. The van der Waals surface area contributed by atoms with Crippen molar-refractivity contribution >= 4 is 129 Å². The summed E-state index contributed by atoms with van der Waals surface area (Å²) in [5, 5.41) is 71.3. The van der Waals surface area contributed by atoms with Crippen LogP contribution in [0.1, 0.15) is 104 Å². The zero-order valence-corrected chi connectivity index (χ0v) is 53.3. The maximum Gasteiger partial charge on any atom is 0.327 e. The predicted octanol–water partition coefficient (Wildman–Crippen LogP) is -3.60. The van der Waals surface area contributed by atoms with Crippen molar-refractivity contribution in [3.05, 3.63) is 87.5 Å². The predicted molar refractivity (Wildman–Crippen MR) is 342 cm³/mol. The molecule has 10 amide bonds. The maximum atomic E-state index is 13.9. The largest absolute Gasteiger partial charge is 0.481 e. The molecular weight excluding hydrogens is 1300 g/mol. The van der Waals surface area contributed by atoms with Crippen LogP contribution < -0.4 is 70.3 Å². The number of nitrogens with one attached hydrogen (secondary N) is 12. The molecule has 2 unspecified atom stereocenters. The number of benzene rings is 2. The van der Waals surface area contributed by atoms with Crippen molar-refractivity contribution in [1.82, 2.24) is 72.8 Å². The summed E-state index contributed by atoms with van der Waals surface area (Å²) in [5.41, 5.74) is 14.5. The number of likely N-dealkylation sites (tertiary alicyclic amines) is 1. The number of H-pyrrole nitrogens is 1. The molecule has 7 atom stereocenters. The van der Waals surface area contributed by atoms with Crippen LogP contribution in [0.4, 0.5) is 11.6 Å². The van der Waals surface area contributed by atoms with Crippen LogP contribution in [0.3, 0.4) is 0 Å². The zero-order valence-electron chi connectivity index (χ0n) is 52.5. The SMILES string of the molecule is CNC(=O)[C@@H](NC(=O)c1ccc(/C(C)=N\NC(=O)CCN2C(=O)CC(SCC(NC(=O)[C@@H](CC(=O)O)NC(=O)[C@@H](CCCNC(=N)N)NC(=O)[C@H](CC(=O)O)NC(=O)CC[C@H](NC(=O)c3ccc(NCc4cnc5nc(N)[nH]c(=O)c5n4)cc3)C(=O)O)C(=O)O)C2=O)cc1)C(C)C. The van der Waals surface area contributed by atoms with Gasteiger partial charge in [-0.25, -0.2) is 25.0 Å². The molecule has 0 bridgehead atoms. The number of aromatic nitrogens is 4. The van der Waals surface area contributed by atoms with E-state index < -0.39 is 187 Å². The molecule has 1 aliphatic heterocycles. The molecule has 2 aromatic heterocycles. The second-order valence-corrected chi connectivity index (χ2v) is 23.2. The van der Waals surface area contributed by atoms with Gasteiger partial charge in [-0.2, -0.15) is 10.1 Å². The number of imide groups is 1. The molecule has 20 N–H and O–H groups in total. The van der Waals surface area contributed by atoms with Gasteiger partial charge in [-0.3, -0.25) is 77.6 Å². The van der Waals surface area contributed by atoms with Crippen molar-refractivity contribution in [2.24, 2.45) is 16.8 Å². The monoisotopic (exact) mass is 1370 g/mol. The van der Waals surface area contributed by atoms with Gasteiger partial charge in [-0.05, 0) is 74.1 Å². The Morgan fingerprint density at radius 1 is 0.711 bits per heavy atom. The summed E-state index contributed by atoms with van der Waals surface area (Å²) in [6, 6.07) is 1.55. The van der Waals surface area contributed by atoms with Crippen molar-refractivity contribution in [3.8, 4) is 0 Å². The number of carboxylic acids is 4. The molecule has 97 heavy (non-hydrogen) atoms. The summed E-state index contributed by atoms with van der Waals surface area (Å²) < 4.78 is 0. The minimum Gasteiger partial charge on any atom is -0.481 e.